The monoisotopic (exact) mass is 553 g/mol. The predicted octanol–water partition coefficient (Wildman–Crippen LogP) is 5.18. The Morgan fingerprint density at radius 1 is 0.902 bits per heavy atom. The van der Waals surface area contributed by atoms with Gasteiger partial charge in [-0.15, -0.1) is 0 Å². The number of rotatable bonds is 5. The molecule has 2 aromatic carbocycles. The minimum absolute atomic E-state index is 0.328. The van der Waals surface area contributed by atoms with Crippen molar-refractivity contribution >= 4 is 39.5 Å². The summed E-state index contributed by atoms with van der Waals surface area (Å²) < 4.78 is 18.4. The number of nitrogens with two attached hydrogens (primary N) is 1. The third-order valence-electron chi connectivity index (χ3n) is 9.07. The molecule has 1 saturated heterocycles. The first-order valence-corrected chi connectivity index (χ1v) is 14.5. The van der Waals surface area contributed by atoms with Gasteiger partial charge in [0.1, 0.15) is 23.3 Å². The van der Waals surface area contributed by atoms with E-state index in [1.165, 1.54) is 32.0 Å². The fraction of sp³-hybridized carbons (Fsp3) is 0.387. The first kappa shape index (κ1) is 25.9. The third-order valence-corrected chi connectivity index (χ3v) is 9.07. The van der Waals surface area contributed by atoms with Gasteiger partial charge >= 0.3 is 0 Å². The van der Waals surface area contributed by atoms with Gasteiger partial charge in [0, 0.05) is 62.8 Å². The summed E-state index contributed by atoms with van der Waals surface area (Å²) in [5, 5.41) is 4.23. The van der Waals surface area contributed by atoms with E-state index in [4.69, 9.17) is 10.7 Å². The van der Waals surface area contributed by atoms with E-state index < -0.39 is 0 Å². The molecule has 3 N–H and O–H groups in total. The van der Waals surface area contributed by atoms with Gasteiger partial charge in [0.25, 0.3) is 0 Å². The number of aryl methyl sites for hydroxylation is 1. The van der Waals surface area contributed by atoms with Gasteiger partial charge in [-0.2, -0.15) is 0 Å². The van der Waals surface area contributed by atoms with E-state index in [2.05, 4.69) is 55.0 Å². The predicted molar refractivity (Wildman–Crippen MR) is 162 cm³/mol. The van der Waals surface area contributed by atoms with E-state index in [0.29, 0.717) is 29.4 Å². The van der Waals surface area contributed by atoms with Crippen LogP contribution < -0.4 is 11.1 Å². The minimum Gasteiger partial charge on any atom is -0.383 e. The van der Waals surface area contributed by atoms with E-state index in [0.717, 1.165) is 59.3 Å². The van der Waals surface area contributed by atoms with Gasteiger partial charge in [-0.3, -0.25) is 4.90 Å². The average molecular weight is 554 g/mol. The van der Waals surface area contributed by atoms with Crippen LogP contribution in [0.15, 0.2) is 55.0 Å². The number of nitrogens with zero attached hydrogens (tertiary/aromatic N) is 7. The summed E-state index contributed by atoms with van der Waals surface area (Å²) in [4.78, 5) is 18.6. The highest BCUT2D eigenvalue weighted by atomic mass is 19.1. The second-order valence-corrected chi connectivity index (χ2v) is 11.5. The molecule has 0 bridgehead atoms. The molecule has 1 aliphatic heterocycles. The quantitative estimate of drug-likeness (QED) is 0.310. The van der Waals surface area contributed by atoms with Crippen LogP contribution in [-0.4, -0.2) is 73.2 Å². The van der Waals surface area contributed by atoms with Crippen molar-refractivity contribution in [3.05, 3.63) is 60.8 Å². The van der Waals surface area contributed by atoms with Crippen molar-refractivity contribution in [2.45, 2.75) is 37.8 Å². The van der Waals surface area contributed by atoms with Gasteiger partial charge in [0.15, 0.2) is 5.82 Å². The summed E-state index contributed by atoms with van der Waals surface area (Å²) in [6.07, 6.45) is 8.46. The number of hydrogen-bond acceptors (Lipinski definition) is 7. The molecule has 7 rings (SSSR count). The van der Waals surface area contributed by atoms with Crippen LogP contribution in [0, 0.1) is 5.82 Å². The van der Waals surface area contributed by atoms with Crippen LogP contribution in [0.2, 0.25) is 0 Å². The molecule has 9 nitrogen and oxygen atoms in total. The van der Waals surface area contributed by atoms with Crippen molar-refractivity contribution < 1.29 is 4.39 Å². The lowest BCUT2D eigenvalue weighted by atomic mass is 9.89. The van der Waals surface area contributed by atoms with E-state index in [-0.39, 0.29) is 5.82 Å². The Bertz CT molecular complexity index is 1690. The van der Waals surface area contributed by atoms with Gasteiger partial charge in [-0.25, -0.2) is 19.3 Å². The lowest BCUT2D eigenvalue weighted by Crippen LogP contribution is -2.49. The first-order chi connectivity index (χ1) is 20.0. The Hall–Kier alpha value is -4.02. The molecule has 0 radical (unpaired) electrons. The largest absolute Gasteiger partial charge is 0.383 e. The molecule has 2 aliphatic rings. The maximum Gasteiger partial charge on any atom is 0.208 e. The van der Waals surface area contributed by atoms with Gasteiger partial charge in [0.2, 0.25) is 5.95 Å². The Kier molecular flexibility index (Phi) is 6.59. The molecule has 1 aliphatic carbocycles. The normalized spacial score (nSPS) is 20.7. The Morgan fingerprint density at radius 3 is 2.37 bits per heavy atom. The zero-order valence-electron chi connectivity index (χ0n) is 23.6. The van der Waals surface area contributed by atoms with E-state index in [9.17, 15) is 4.39 Å². The van der Waals surface area contributed by atoms with Gasteiger partial charge in [-0.1, -0.05) is 18.2 Å². The van der Waals surface area contributed by atoms with E-state index >= 15 is 0 Å². The third kappa shape index (κ3) is 4.70. The molecule has 1 saturated carbocycles. The Labute approximate surface area is 238 Å². The fourth-order valence-corrected chi connectivity index (χ4v) is 6.65. The zero-order valence-corrected chi connectivity index (χ0v) is 23.6. The van der Waals surface area contributed by atoms with Crippen molar-refractivity contribution in [1.29, 1.82) is 0 Å². The number of likely N-dealkylation sites (N-methyl/N-ethyl adjacent to an activating group) is 1. The molecule has 5 aromatic rings. The number of para-hydroxylation sites is 1. The molecule has 0 unspecified atom stereocenters. The second-order valence-electron chi connectivity index (χ2n) is 11.5. The number of fused-ring (bicyclic) bond motifs is 2. The van der Waals surface area contributed by atoms with Crippen LogP contribution in [0.1, 0.15) is 31.7 Å². The maximum absolute atomic E-state index is 14.2. The topological polar surface area (TPSA) is 93.1 Å². The van der Waals surface area contributed by atoms with Gasteiger partial charge < -0.3 is 25.1 Å². The van der Waals surface area contributed by atoms with Crippen LogP contribution in [-0.2, 0) is 7.05 Å². The summed E-state index contributed by atoms with van der Waals surface area (Å²) in [6.45, 7) is 4.66. The van der Waals surface area contributed by atoms with Crippen molar-refractivity contribution in [1.82, 2.24) is 33.9 Å². The molecule has 212 valence electrons. The van der Waals surface area contributed by atoms with Crippen LogP contribution in [0.4, 0.5) is 21.8 Å². The number of imidazole rings is 1. The highest BCUT2D eigenvalue weighted by Gasteiger charge is 2.30. The smallest absolute Gasteiger partial charge is 0.208 e. The average Bonchev–Trinajstić information content (AvgIpc) is 3.54. The van der Waals surface area contributed by atoms with E-state index in [1.807, 2.05) is 29.8 Å². The van der Waals surface area contributed by atoms with Crippen molar-refractivity contribution in [2.75, 3.05) is 44.3 Å². The summed E-state index contributed by atoms with van der Waals surface area (Å²) in [6, 6.07) is 14.2. The molecular formula is C31H36FN9. The summed E-state index contributed by atoms with van der Waals surface area (Å²) >= 11 is 0. The fourth-order valence-electron chi connectivity index (χ4n) is 6.65. The standard InChI is InChI=1S/C31H36FN9/c1-38-14-16-40(17-15-38)22-10-12-23(13-11-22)41-18-24(27-29(33)34-19-35-30(27)41)20-6-8-21(9-7-20)36-31-37-28-25(32)4-3-5-26(28)39(31)2/h3-9,18-19,22-23H,10-17H2,1-2H3,(H,36,37)(H2,33,34,35)/t22-,23-. The van der Waals surface area contributed by atoms with Crippen LogP contribution in [0.5, 0.6) is 0 Å². The maximum atomic E-state index is 14.2. The number of anilines is 3. The van der Waals surface area contributed by atoms with E-state index in [1.54, 1.807) is 12.4 Å². The van der Waals surface area contributed by atoms with Crippen LogP contribution in [0.25, 0.3) is 33.2 Å². The SMILES string of the molecule is CN1CCN([C@H]2CC[C@H](n3cc(-c4ccc(Nc5nc6c(F)cccc6n5C)cc4)c4c(N)ncnc43)CC2)CC1. The molecule has 2 fully saturated rings. The highest BCUT2D eigenvalue weighted by molar-refractivity contribution is 6.00. The molecule has 0 amide bonds. The molecule has 10 heteroatoms. The highest BCUT2D eigenvalue weighted by Crippen LogP contribution is 2.39. The first-order valence-electron chi connectivity index (χ1n) is 14.5. The number of hydrogen-bond donors (Lipinski definition) is 2. The number of aromatic nitrogens is 5. The number of piperazine rings is 1. The molecule has 3 aromatic heterocycles. The molecule has 41 heavy (non-hydrogen) atoms. The lowest BCUT2D eigenvalue weighted by Gasteiger charge is -2.41. The van der Waals surface area contributed by atoms with Crippen LogP contribution >= 0.6 is 0 Å². The second kappa shape index (κ2) is 10.4. The van der Waals surface area contributed by atoms with Gasteiger partial charge in [0.05, 0.1) is 10.9 Å². The number of benzene rings is 2. The van der Waals surface area contributed by atoms with Crippen molar-refractivity contribution in [3.8, 4) is 11.1 Å². The number of nitrogens with one attached hydrogen (secondary N) is 1. The Morgan fingerprint density at radius 2 is 1.63 bits per heavy atom. The lowest BCUT2D eigenvalue weighted by molar-refractivity contribution is 0.0828. The minimum atomic E-state index is -0.328. The molecule has 0 atom stereocenters. The molecular weight excluding hydrogens is 517 g/mol. The zero-order chi connectivity index (χ0) is 28.1. The van der Waals surface area contributed by atoms with Crippen molar-refractivity contribution in [3.63, 3.8) is 0 Å². The number of nitrogen functional groups attached to an aromatic ring is 1. The Balaban J connectivity index is 1.13. The molecule has 0 spiro atoms. The van der Waals surface area contributed by atoms with Crippen molar-refractivity contribution in [2.24, 2.45) is 7.05 Å². The van der Waals surface area contributed by atoms with Crippen LogP contribution in [0.3, 0.4) is 0 Å². The molecule has 4 heterocycles. The van der Waals surface area contributed by atoms with Gasteiger partial charge in [-0.05, 0) is 62.6 Å². The summed E-state index contributed by atoms with van der Waals surface area (Å²) in [5.41, 5.74) is 11.4. The number of halogens is 1. The summed E-state index contributed by atoms with van der Waals surface area (Å²) in [7, 11) is 4.09. The summed E-state index contributed by atoms with van der Waals surface area (Å²) in [5.74, 6) is 0.753.